The van der Waals surface area contributed by atoms with Gasteiger partial charge < -0.3 is 10.0 Å². The Morgan fingerprint density at radius 1 is 1.12 bits per heavy atom. The van der Waals surface area contributed by atoms with Crippen LogP contribution in [0.3, 0.4) is 0 Å². The zero-order valence-corrected chi connectivity index (χ0v) is 14.7. The number of hydrogen-bond acceptors (Lipinski definition) is 5. The summed E-state index contributed by atoms with van der Waals surface area (Å²) < 4.78 is 0. The number of nitrogens with zero attached hydrogens (tertiary/aromatic N) is 4. The molecule has 0 aromatic carbocycles. The fourth-order valence-corrected chi connectivity index (χ4v) is 3.82. The van der Waals surface area contributed by atoms with E-state index in [0.29, 0.717) is 18.9 Å². The van der Waals surface area contributed by atoms with Crippen LogP contribution in [0.15, 0.2) is 12.4 Å². The molecule has 0 aliphatic carbocycles. The van der Waals surface area contributed by atoms with Crippen LogP contribution in [0.5, 0.6) is 0 Å². The van der Waals surface area contributed by atoms with E-state index >= 15 is 0 Å². The summed E-state index contributed by atoms with van der Waals surface area (Å²) in [4.78, 5) is 35.5. The summed E-state index contributed by atoms with van der Waals surface area (Å²) in [6.07, 6.45) is 8.13. The first kappa shape index (κ1) is 17.8. The van der Waals surface area contributed by atoms with Crippen molar-refractivity contribution in [2.24, 2.45) is 5.92 Å². The average molecular weight is 346 g/mol. The Labute approximate surface area is 148 Å². The Morgan fingerprint density at radius 3 is 2.40 bits per heavy atom. The van der Waals surface area contributed by atoms with E-state index in [1.165, 1.54) is 0 Å². The second-order valence-corrected chi connectivity index (χ2v) is 7.12. The first-order valence-corrected chi connectivity index (χ1v) is 9.05. The van der Waals surface area contributed by atoms with Crippen molar-refractivity contribution in [3.05, 3.63) is 23.8 Å². The van der Waals surface area contributed by atoms with Crippen molar-refractivity contribution in [1.29, 1.82) is 0 Å². The normalized spacial score (nSPS) is 22.3. The van der Waals surface area contributed by atoms with E-state index in [1.807, 2.05) is 16.0 Å². The van der Waals surface area contributed by atoms with Crippen molar-refractivity contribution in [2.45, 2.75) is 51.6 Å². The third-order valence-corrected chi connectivity index (χ3v) is 5.33. The summed E-state index contributed by atoms with van der Waals surface area (Å²) in [6.45, 7) is 4.63. The standard InChI is InChI=1S/C18H26N4O3/c1-13(23)21-7-4-14(5-8-21)9-15-10-20-16(11-19-15)12-22-6-2-3-17(22)18(24)25/h10-11,14,17H,2-9,12H2,1H3,(H,24,25)/t17-/m0/s1. The van der Waals surface area contributed by atoms with Crippen molar-refractivity contribution in [3.8, 4) is 0 Å². The van der Waals surface area contributed by atoms with E-state index in [0.717, 1.165) is 56.7 Å². The highest BCUT2D eigenvalue weighted by Gasteiger charge is 2.30. The highest BCUT2D eigenvalue weighted by molar-refractivity contribution is 5.74. The Hall–Kier alpha value is -2.02. The molecule has 2 fully saturated rings. The highest BCUT2D eigenvalue weighted by Crippen LogP contribution is 2.22. The second kappa shape index (κ2) is 7.91. The number of carbonyl (C=O) groups excluding carboxylic acids is 1. The van der Waals surface area contributed by atoms with Crippen LogP contribution in [0.4, 0.5) is 0 Å². The van der Waals surface area contributed by atoms with Gasteiger partial charge >= 0.3 is 5.97 Å². The average Bonchev–Trinajstić information content (AvgIpc) is 3.05. The predicted molar refractivity (Wildman–Crippen MR) is 91.8 cm³/mol. The van der Waals surface area contributed by atoms with Gasteiger partial charge in [-0.2, -0.15) is 0 Å². The minimum absolute atomic E-state index is 0.157. The monoisotopic (exact) mass is 346 g/mol. The number of amides is 1. The van der Waals surface area contributed by atoms with Gasteiger partial charge in [0.25, 0.3) is 0 Å². The van der Waals surface area contributed by atoms with Gasteiger partial charge in [0.2, 0.25) is 5.91 Å². The Kier molecular flexibility index (Phi) is 5.63. The van der Waals surface area contributed by atoms with Gasteiger partial charge in [0, 0.05) is 32.8 Å². The molecule has 2 aliphatic heterocycles. The molecular formula is C18H26N4O3. The molecule has 1 amide bonds. The molecule has 0 spiro atoms. The Bertz CT molecular complexity index is 611. The van der Waals surface area contributed by atoms with Crippen LogP contribution in [0, 0.1) is 5.92 Å². The number of likely N-dealkylation sites (tertiary alicyclic amines) is 2. The van der Waals surface area contributed by atoms with Crippen molar-refractivity contribution < 1.29 is 14.7 Å². The lowest BCUT2D eigenvalue weighted by Crippen LogP contribution is -2.37. The number of carbonyl (C=O) groups is 2. The lowest BCUT2D eigenvalue weighted by molar-refractivity contribution is -0.142. The SMILES string of the molecule is CC(=O)N1CCC(Cc2cnc(CN3CCC[C@H]3C(=O)O)cn2)CC1. The highest BCUT2D eigenvalue weighted by atomic mass is 16.4. The fraction of sp³-hybridized carbons (Fsp3) is 0.667. The molecule has 3 rings (SSSR count). The summed E-state index contributed by atoms with van der Waals surface area (Å²) in [5.41, 5.74) is 1.80. The summed E-state index contributed by atoms with van der Waals surface area (Å²) in [5.74, 6) is -0.0473. The maximum Gasteiger partial charge on any atom is 0.320 e. The van der Waals surface area contributed by atoms with Gasteiger partial charge in [0.15, 0.2) is 0 Å². The zero-order valence-electron chi connectivity index (χ0n) is 14.7. The topological polar surface area (TPSA) is 86.6 Å². The van der Waals surface area contributed by atoms with E-state index in [4.69, 9.17) is 0 Å². The molecule has 0 radical (unpaired) electrons. The molecule has 2 saturated heterocycles. The van der Waals surface area contributed by atoms with Crippen molar-refractivity contribution in [2.75, 3.05) is 19.6 Å². The number of hydrogen-bond donors (Lipinski definition) is 1. The smallest absolute Gasteiger partial charge is 0.320 e. The fourth-order valence-electron chi connectivity index (χ4n) is 3.82. The Balaban J connectivity index is 1.51. The lowest BCUT2D eigenvalue weighted by Gasteiger charge is -2.31. The molecule has 1 aromatic rings. The molecule has 1 aromatic heterocycles. The molecule has 7 heteroatoms. The summed E-state index contributed by atoms with van der Waals surface area (Å²) in [5, 5.41) is 9.24. The second-order valence-electron chi connectivity index (χ2n) is 7.12. The van der Waals surface area contributed by atoms with Gasteiger partial charge in [0.05, 0.1) is 17.6 Å². The van der Waals surface area contributed by atoms with Crippen molar-refractivity contribution >= 4 is 11.9 Å². The number of rotatable bonds is 5. The van der Waals surface area contributed by atoms with Gasteiger partial charge in [-0.1, -0.05) is 0 Å². The summed E-state index contributed by atoms with van der Waals surface area (Å²) >= 11 is 0. The first-order valence-electron chi connectivity index (χ1n) is 9.05. The molecule has 3 heterocycles. The van der Waals surface area contributed by atoms with E-state index in [2.05, 4.69) is 9.97 Å². The zero-order chi connectivity index (χ0) is 17.8. The van der Waals surface area contributed by atoms with Crippen LogP contribution in [0.1, 0.15) is 44.0 Å². The molecular weight excluding hydrogens is 320 g/mol. The minimum atomic E-state index is -0.751. The number of carboxylic acids is 1. The maximum absolute atomic E-state index is 11.4. The molecule has 0 bridgehead atoms. The van der Waals surface area contributed by atoms with Crippen LogP contribution >= 0.6 is 0 Å². The van der Waals surface area contributed by atoms with Crippen LogP contribution in [0.2, 0.25) is 0 Å². The van der Waals surface area contributed by atoms with Gasteiger partial charge in [-0.05, 0) is 44.6 Å². The number of aromatic nitrogens is 2. The van der Waals surface area contributed by atoms with Crippen LogP contribution in [0.25, 0.3) is 0 Å². The summed E-state index contributed by atoms with van der Waals surface area (Å²) in [7, 11) is 0. The van der Waals surface area contributed by atoms with Crippen molar-refractivity contribution in [1.82, 2.24) is 19.8 Å². The molecule has 2 aliphatic rings. The largest absolute Gasteiger partial charge is 0.480 e. The van der Waals surface area contributed by atoms with Gasteiger partial charge in [-0.15, -0.1) is 0 Å². The molecule has 1 atom stereocenters. The maximum atomic E-state index is 11.4. The predicted octanol–water partition coefficient (Wildman–Crippen LogP) is 1.33. The van der Waals surface area contributed by atoms with E-state index in [-0.39, 0.29) is 5.91 Å². The van der Waals surface area contributed by atoms with E-state index in [1.54, 1.807) is 13.1 Å². The van der Waals surface area contributed by atoms with Crippen LogP contribution < -0.4 is 0 Å². The first-order chi connectivity index (χ1) is 12.0. The van der Waals surface area contributed by atoms with E-state index in [9.17, 15) is 14.7 Å². The quantitative estimate of drug-likeness (QED) is 0.865. The molecule has 0 saturated carbocycles. The number of piperidine rings is 1. The third-order valence-electron chi connectivity index (χ3n) is 5.33. The van der Waals surface area contributed by atoms with Crippen LogP contribution in [-0.2, 0) is 22.6 Å². The van der Waals surface area contributed by atoms with Gasteiger partial charge in [-0.3, -0.25) is 24.5 Å². The molecule has 1 N–H and O–H groups in total. The number of aliphatic carboxylic acids is 1. The van der Waals surface area contributed by atoms with Gasteiger partial charge in [-0.25, -0.2) is 0 Å². The third kappa shape index (κ3) is 4.54. The molecule has 25 heavy (non-hydrogen) atoms. The van der Waals surface area contributed by atoms with E-state index < -0.39 is 12.0 Å². The van der Waals surface area contributed by atoms with Crippen LogP contribution in [-0.4, -0.2) is 62.4 Å². The molecule has 136 valence electrons. The minimum Gasteiger partial charge on any atom is -0.480 e. The number of carboxylic acid groups (broad SMARTS) is 1. The van der Waals surface area contributed by atoms with Gasteiger partial charge in [0.1, 0.15) is 6.04 Å². The summed E-state index contributed by atoms with van der Waals surface area (Å²) in [6, 6.07) is -0.395. The Morgan fingerprint density at radius 2 is 1.80 bits per heavy atom. The molecule has 7 nitrogen and oxygen atoms in total. The van der Waals surface area contributed by atoms with Crippen molar-refractivity contribution in [3.63, 3.8) is 0 Å². The molecule has 0 unspecified atom stereocenters. The lowest BCUT2D eigenvalue weighted by atomic mass is 9.92.